The Morgan fingerprint density at radius 3 is 2.58 bits per heavy atom. The van der Waals surface area contributed by atoms with Crippen LogP contribution in [0.3, 0.4) is 0 Å². The van der Waals surface area contributed by atoms with Crippen LogP contribution in [0, 0.1) is 0 Å². The predicted octanol–water partition coefficient (Wildman–Crippen LogP) is 2.54. The van der Waals surface area contributed by atoms with Gasteiger partial charge in [-0.1, -0.05) is 17.7 Å². The van der Waals surface area contributed by atoms with E-state index >= 15 is 0 Å². The third kappa shape index (κ3) is 2.31. The Hall–Kier alpha value is -1.94. The Kier molecular flexibility index (Phi) is 2.95. The summed E-state index contributed by atoms with van der Waals surface area (Å²) in [5.41, 5.74) is 1.51. The molecule has 0 radical (unpaired) electrons. The molecule has 2 amide bonds. The van der Waals surface area contributed by atoms with E-state index in [-0.39, 0.29) is 18.4 Å². The third-order valence-corrected chi connectivity index (χ3v) is 3.42. The number of hydrogen-bond donors (Lipinski definition) is 0. The van der Waals surface area contributed by atoms with Gasteiger partial charge in [0.2, 0.25) is 11.8 Å². The van der Waals surface area contributed by atoms with E-state index in [0.717, 1.165) is 10.9 Å². The van der Waals surface area contributed by atoms with Crippen molar-refractivity contribution in [1.29, 1.82) is 0 Å². The fraction of sp³-hybridized carbons (Fsp3) is 0.214. The summed E-state index contributed by atoms with van der Waals surface area (Å²) in [5, 5.41) is 1.60. The van der Waals surface area contributed by atoms with Crippen molar-refractivity contribution in [1.82, 2.24) is 9.88 Å². The number of likely N-dealkylation sites (tertiary alicyclic amines) is 1. The highest BCUT2D eigenvalue weighted by atomic mass is 35.5. The van der Waals surface area contributed by atoms with E-state index in [1.54, 1.807) is 6.07 Å². The SMILES string of the molecule is O=C1CCC(=O)N1Cc1ccc2cc(Cl)ccc2n1. The lowest BCUT2D eigenvalue weighted by atomic mass is 10.2. The van der Waals surface area contributed by atoms with Crippen LogP contribution in [0.25, 0.3) is 10.9 Å². The summed E-state index contributed by atoms with van der Waals surface area (Å²) in [4.78, 5) is 28.8. The lowest BCUT2D eigenvalue weighted by Crippen LogP contribution is -2.28. The number of amides is 2. The molecule has 0 N–H and O–H groups in total. The minimum Gasteiger partial charge on any atom is -0.277 e. The first kappa shape index (κ1) is 12.1. The maximum absolute atomic E-state index is 11.6. The summed E-state index contributed by atoms with van der Waals surface area (Å²) >= 11 is 5.91. The number of nitrogens with zero attached hydrogens (tertiary/aromatic N) is 2. The summed E-state index contributed by atoms with van der Waals surface area (Å²) in [5.74, 6) is -0.244. The topological polar surface area (TPSA) is 50.3 Å². The average molecular weight is 275 g/mol. The fourth-order valence-electron chi connectivity index (χ4n) is 2.19. The molecule has 0 saturated carbocycles. The number of carbonyl (C=O) groups excluding carboxylic acids is 2. The molecule has 2 aromatic rings. The normalized spacial score (nSPS) is 15.5. The zero-order chi connectivity index (χ0) is 13.4. The second-order valence-corrected chi connectivity index (χ2v) is 4.95. The molecular formula is C14H11ClN2O2. The molecule has 1 aromatic carbocycles. The van der Waals surface area contributed by atoms with Crippen LogP contribution in [-0.2, 0) is 16.1 Å². The Balaban J connectivity index is 1.91. The largest absolute Gasteiger partial charge is 0.277 e. The number of aromatic nitrogens is 1. The van der Waals surface area contributed by atoms with Crippen LogP contribution in [0.4, 0.5) is 0 Å². The van der Waals surface area contributed by atoms with Crippen LogP contribution in [0.15, 0.2) is 30.3 Å². The Bertz CT molecular complexity index is 668. The van der Waals surface area contributed by atoms with Gasteiger partial charge in [0.15, 0.2) is 0 Å². The van der Waals surface area contributed by atoms with Gasteiger partial charge < -0.3 is 0 Å². The van der Waals surface area contributed by atoms with E-state index in [1.165, 1.54) is 4.90 Å². The molecule has 4 nitrogen and oxygen atoms in total. The van der Waals surface area contributed by atoms with Crippen LogP contribution < -0.4 is 0 Å². The van der Waals surface area contributed by atoms with Crippen molar-refractivity contribution in [2.45, 2.75) is 19.4 Å². The van der Waals surface area contributed by atoms with Crippen molar-refractivity contribution >= 4 is 34.3 Å². The maximum atomic E-state index is 11.6. The monoisotopic (exact) mass is 274 g/mol. The van der Waals surface area contributed by atoms with Gasteiger partial charge in [-0.15, -0.1) is 0 Å². The number of imide groups is 1. The molecule has 1 aliphatic rings. The second kappa shape index (κ2) is 4.63. The quantitative estimate of drug-likeness (QED) is 0.791. The lowest BCUT2D eigenvalue weighted by molar-refractivity contribution is -0.139. The second-order valence-electron chi connectivity index (χ2n) is 4.51. The highest BCUT2D eigenvalue weighted by Crippen LogP contribution is 2.20. The molecule has 19 heavy (non-hydrogen) atoms. The highest BCUT2D eigenvalue weighted by Gasteiger charge is 2.28. The van der Waals surface area contributed by atoms with E-state index in [9.17, 15) is 9.59 Å². The van der Waals surface area contributed by atoms with Crippen molar-refractivity contribution in [2.24, 2.45) is 0 Å². The smallest absolute Gasteiger partial charge is 0.230 e. The third-order valence-electron chi connectivity index (χ3n) is 3.18. The molecule has 96 valence electrons. The minimum atomic E-state index is -0.122. The van der Waals surface area contributed by atoms with E-state index in [0.29, 0.717) is 23.6 Å². The summed E-state index contributed by atoms with van der Waals surface area (Å²) in [6.07, 6.45) is 0.615. The number of rotatable bonds is 2. The molecule has 0 aliphatic carbocycles. The average Bonchev–Trinajstić information content (AvgIpc) is 2.71. The van der Waals surface area contributed by atoms with Gasteiger partial charge in [-0.25, -0.2) is 0 Å². The van der Waals surface area contributed by atoms with Gasteiger partial charge in [0.1, 0.15) is 0 Å². The van der Waals surface area contributed by atoms with Crippen molar-refractivity contribution < 1.29 is 9.59 Å². The van der Waals surface area contributed by atoms with E-state index in [4.69, 9.17) is 11.6 Å². The number of benzene rings is 1. The van der Waals surface area contributed by atoms with Crippen molar-refractivity contribution in [2.75, 3.05) is 0 Å². The summed E-state index contributed by atoms with van der Waals surface area (Å²) in [6.45, 7) is 0.246. The molecule has 0 bridgehead atoms. The van der Waals surface area contributed by atoms with Gasteiger partial charge in [-0.3, -0.25) is 19.5 Å². The molecular weight excluding hydrogens is 264 g/mol. The Morgan fingerprint density at radius 1 is 1.11 bits per heavy atom. The van der Waals surface area contributed by atoms with E-state index in [2.05, 4.69) is 4.98 Å². The molecule has 1 aromatic heterocycles. The van der Waals surface area contributed by atoms with E-state index in [1.807, 2.05) is 24.3 Å². The molecule has 0 unspecified atom stereocenters. The first-order chi connectivity index (χ1) is 9.13. The standard InChI is InChI=1S/C14H11ClN2O2/c15-10-2-4-12-9(7-10)1-3-11(16-12)8-17-13(18)5-6-14(17)19/h1-4,7H,5-6,8H2. The van der Waals surface area contributed by atoms with Gasteiger partial charge in [0.05, 0.1) is 17.8 Å². The van der Waals surface area contributed by atoms with Gasteiger partial charge in [-0.05, 0) is 24.3 Å². The molecule has 3 rings (SSSR count). The Morgan fingerprint density at radius 2 is 1.84 bits per heavy atom. The number of pyridine rings is 1. The Labute approximate surface area is 115 Å². The molecule has 1 fully saturated rings. The zero-order valence-corrected chi connectivity index (χ0v) is 10.9. The van der Waals surface area contributed by atoms with Crippen LogP contribution in [0.1, 0.15) is 18.5 Å². The summed E-state index contributed by atoms with van der Waals surface area (Å²) < 4.78 is 0. The molecule has 0 atom stereocenters. The number of halogens is 1. The van der Waals surface area contributed by atoms with Crippen molar-refractivity contribution in [3.63, 3.8) is 0 Å². The number of fused-ring (bicyclic) bond motifs is 1. The maximum Gasteiger partial charge on any atom is 0.230 e. The van der Waals surface area contributed by atoms with Crippen LogP contribution in [-0.4, -0.2) is 21.7 Å². The first-order valence-electron chi connectivity index (χ1n) is 6.02. The van der Waals surface area contributed by atoms with Crippen LogP contribution in [0.5, 0.6) is 0 Å². The van der Waals surface area contributed by atoms with E-state index < -0.39 is 0 Å². The molecule has 0 spiro atoms. The molecule has 1 saturated heterocycles. The lowest BCUT2D eigenvalue weighted by Gasteiger charge is -2.13. The van der Waals surface area contributed by atoms with Gasteiger partial charge in [0.25, 0.3) is 0 Å². The van der Waals surface area contributed by atoms with Crippen molar-refractivity contribution in [3.05, 3.63) is 41.0 Å². The molecule has 5 heteroatoms. The van der Waals surface area contributed by atoms with Gasteiger partial charge in [0, 0.05) is 23.3 Å². The summed E-state index contributed by atoms with van der Waals surface area (Å²) in [7, 11) is 0. The predicted molar refractivity (Wildman–Crippen MR) is 71.5 cm³/mol. The fourth-order valence-corrected chi connectivity index (χ4v) is 2.37. The number of hydrogen-bond acceptors (Lipinski definition) is 3. The van der Waals surface area contributed by atoms with Crippen LogP contribution >= 0.6 is 11.6 Å². The van der Waals surface area contributed by atoms with Crippen molar-refractivity contribution in [3.8, 4) is 0 Å². The molecule has 2 heterocycles. The highest BCUT2D eigenvalue weighted by molar-refractivity contribution is 6.31. The van der Waals surface area contributed by atoms with Gasteiger partial charge in [-0.2, -0.15) is 0 Å². The first-order valence-corrected chi connectivity index (χ1v) is 6.40. The van der Waals surface area contributed by atoms with Crippen LogP contribution in [0.2, 0.25) is 5.02 Å². The zero-order valence-electron chi connectivity index (χ0n) is 10.1. The molecule has 1 aliphatic heterocycles. The number of carbonyl (C=O) groups is 2. The summed E-state index contributed by atoms with van der Waals surface area (Å²) in [6, 6.07) is 9.15. The van der Waals surface area contributed by atoms with Gasteiger partial charge >= 0.3 is 0 Å². The minimum absolute atomic E-state index is 0.122.